The molecule has 2 rings (SSSR count). The Kier molecular flexibility index (Phi) is 4.90. The Labute approximate surface area is 120 Å². The highest BCUT2D eigenvalue weighted by Crippen LogP contribution is 2.19. The van der Waals surface area contributed by atoms with Gasteiger partial charge in [-0.2, -0.15) is 10.2 Å². The van der Waals surface area contributed by atoms with Gasteiger partial charge < -0.3 is 10.6 Å². The van der Waals surface area contributed by atoms with Gasteiger partial charge in [-0.1, -0.05) is 0 Å². The van der Waals surface area contributed by atoms with Crippen molar-refractivity contribution >= 4 is 24.1 Å². The molecule has 0 aliphatic carbocycles. The smallest absolute Gasteiger partial charge is 0.133 e. The first-order valence-corrected chi connectivity index (χ1v) is 6.43. The first kappa shape index (κ1) is 15.9. The summed E-state index contributed by atoms with van der Waals surface area (Å²) in [5, 5.41) is 15.4. The summed E-state index contributed by atoms with van der Waals surface area (Å²) in [4.78, 5) is 8.82. The predicted octanol–water partition coefficient (Wildman–Crippen LogP) is 1.42. The number of halogens is 1. The molecule has 0 bridgehead atoms. The second-order valence-corrected chi connectivity index (χ2v) is 5.63. The standard InChI is InChI=1S/C12H22N6.ClH/c1-11(2,9-13-5-6-14-9)17-18-12(3,4)10-15-7-8-16-10;/h5-8H2,1-4H3,(H,13,14)(H,15,16);1H/b18-17+;. The van der Waals surface area contributed by atoms with Gasteiger partial charge in [0, 0.05) is 13.1 Å². The van der Waals surface area contributed by atoms with Gasteiger partial charge in [0.25, 0.3) is 0 Å². The van der Waals surface area contributed by atoms with Crippen LogP contribution in [0.25, 0.3) is 0 Å². The molecule has 0 saturated heterocycles. The number of amidine groups is 2. The molecule has 0 aromatic rings. The molecule has 6 nitrogen and oxygen atoms in total. The minimum atomic E-state index is -0.396. The lowest BCUT2D eigenvalue weighted by molar-refractivity contribution is 0.552. The van der Waals surface area contributed by atoms with Crippen molar-refractivity contribution in [2.24, 2.45) is 20.2 Å². The highest BCUT2D eigenvalue weighted by molar-refractivity contribution is 5.93. The van der Waals surface area contributed by atoms with E-state index in [0.29, 0.717) is 0 Å². The van der Waals surface area contributed by atoms with Crippen LogP contribution >= 0.6 is 12.4 Å². The molecule has 0 aromatic heterocycles. The Balaban J connectivity index is 0.00000180. The van der Waals surface area contributed by atoms with Gasteiger partial charge in [-0.05, 0) is 27.7 Å². The number of azo groups is 1. The van der Waals surface area contributed by atoms with E-state index in [9.17, 15) is 0 Å². The van der Waals surface area contributed by atoms with Gasteiger partial charge in [0.1, 0.15) is 22.7 Å². The molecule has 0 atom stereocenters. The van der Waals surface area contributed by atoms with Crippen LogP contribution in [-0.2, 0) is 0 Å². The second kappa shape index (κ2) is 5.86. The van der Waals surface area contributed by atoms with Crippen LogP contribution < -0.4 is 10.6 Å². The Hall–Kier alpha value is -1.17. The summed E-state index contributed by atoms with van der Waals surface area (Å²) in [6.07, 6.45) is 0. The van der Waals surface area contributed by atoms with E-state index in [2.05, 4.69) is 30.8 Å². The molecule has 0 fully saturated rings. The van der Waals surface area contributed by atoms with E-state index in [1.165, 1.54) is 0 Å². The van der Waals surface area contributed by atoms with Crippen molar-refractivity contribution in [3.8, 4) is 0 Å². The Bertz CT molecular complexity index is 372. The van der Waals surface area contributed by atoms with Gasteiger partial charge in [-0.15, -0.1) is 12.4 Å². The fraction of sp³-hybridized carbons (Fsp3) is 0.833. The summed E-state index contributed by atoms with van der Waals surface area (Å²) in [5.41, 5.74) is -0.792. The average Bonchev–Trinajstić information content (AvgIpc) is 2.99. The van der Waals surface area contributed by atoms with Crippen molar-refractivity contribution in [2.45, 2.75) is 38.8 Å². The molecular formula is C12H23ClN6. The number of rotatable bonds is 4. The highest BCUT2D eigenvalue weighted by atomic mass is 35.5. The molecular weight excluding hydrogens is 264 g/mol. The molecule has 0 saturated carbocycles. The Morgan fingerprint density at radius 3 is 1.47 bits per heavy atom. The molecule has 0 spiro atoms. The summed E-state index contributed by atoms with van der Waals surface area (Å²) < 4.78 is 0. The molecule has 0 radical (unpaired) electrons. The van der Waals surface area contributed by atoms with E-state index in [-0.39, 0.29) is 12.4 Å². The van der Waals surface area contributed by atoms with Crippen LogP contribution in [0.3, 0.4) is 0 Å². The fourth-order valence-electron chi connectivity index (χ4n) is 1.96. The normalized spacial score (nSPS) is 19.6. The maximum absolute atomic E-state index is 4.47. The summed E-state index contributed by atoms with van der Waals surface area (Å²) in [6.45, 7) is 11.5. The predicted molar refractivity (Wildman–Crippen MR) is 80.9 cm³/mol. The van der Waals surface area contributed by atoms with E-state index < -0.39 is 11.1 Å². The number of aliphatic imine (C=N–C) groups is 2. The molecule has 0 aromatic carbocycles. The zero-order valence-corrected chi connectivity index (χ0v) is 12.8. The largest absolute Gasteiger partial charge is 0.370 e. The first-order chi connectivity index (χ1) is 8.42. The lowest BCUT2D eigenvalue weighted by Crippen LogP contribution is -2.41. The minimum Gasteiger partial charge on any atom is -0.370 e. The fourth-order valence-corrected chi connectivity index (χ4v) is 1.96. The first-order valence-electron chi connectivity index (χ1n) is 6.43. The van der Waals surface area contributed by atoms with E-state index in [1.807, 2.05) is 27.7 Å². The molecule has 7 heteroatoms. The molecule has 0 amide bonds. The molecule has 19 heavy (non-hydrogen) atoms. The van der Waals surface area contributed by atoms with Gasteiger partial charge >= 0.3 is 0 Å². The Morgan fingerprint density at radius 1 is 0.842 bits per heavy atom. The van der Waals surface area contributed by atoms with Gasteiger partial charge in [0.05, 0.1) is 13.1 Å². The van der Waals surface area contributed by atoms with E-state index >= 15 is 0 Å². The van der Waals surface area contributed by atoms with Gasteiger partial charge in [0.2, 0.25) is 0 Å². The third-order valence-corrected chi connectivity index (χ3v) is 3.06. The maximum atomic E-state index is 4.47. The van der Waals surface area contributed by atoms with Crippen LogP contribution in [-0.4, -0.2) is 48.9 Å². The van der Waals surface area contributed by atoms with E-state index in [1.54, 1.807) is 0 Å². The summed E-state index contributed by atoms with van der Waals surface area (Å²) in [5.74, 6) is 1.84. The van der Waals surface area contributed by atoms with Gasteiger partial charge in [0.15, 0.2) is 0 Å². The number of nitrogens with one attached hydrogen (secondary N) is 2. The lowest BCUT2D eigenvalue weighted by atomic mass is 10.0. The van der Waals surface area contributed by atoms with Crippen LogP contribution in [0.1, 0.15) is 27.7 Å². The summed E-state index contributed by atoms with van der Waals surface area (Å²) in [6, 6.07) is 0. The average molecular weight is 287 g/mol. The van der Waals surface area contributed by atoms with Crippen LogP contribution in [0.5, 0.6) is 0 Å². The molecule has 2 heterocycles. The second-order valence-electron chi connectivity index (χ2n) is 5.63. The molecule has 2 aliphatic rings. The van der Waals surface area contributed by atoms with Crippen molar-refractivity contribution in [1.29, 1.82) is 0 Å². The van der Waals surface area contributed by atoms with Crippen molar-refractivity contribution in [3.05, 3.63) is 0 Å². The highest BCUT2D eigenvalue weighted by Gasteiger charge is 2.31. The number of nitrogens with zero attached hydrogens (tertiary/aromatic N) is 4. The zero-order valence-electron chi connectivity index (χ0n) is 12.0. The van der Waals surface area contributed by atoms with Crippen LogP contribution in [0.15, 0.2) is 20.2 Å². The third kappa shape index (κ3) is 3.65. The summed E-state index contributed by atoms with van der Waals surface area (Å²) in [7, 11) is 0. The van der Waals surface area contributed by atoms with Crippen LogP contribution in [0.2, 0.25) is 0 Å². The monoisotopic (exact) mass is 286 g/mol. The van der Waals surface area contributed by atoms with Crippen molar-refractivity contribution < 1.29 is 0 Å². The quantitative estimate of drug-likeness (QED) is 0.767. The Morgan fingerprint density at radius 2 is 1.21 bits per heavy atom. The van der Waals surface area contributed by atoms with Gasteiger partial charge in [-0.3, -0.25) is 9.98 Å². The maximum Gasteiger partial charge on any atom is 0.133 e. The number of hydrogen-bond acceptors (Lipinski definition) is 6. The van der Waals surface area contributed by atoms with Crippen molar-refractivity contribution in [1.82, 2.24) is 10.6 Å². The van der Waals surface area contributed by atoms with Crippen LogP contribution in [0, 0.1) is 0 Å². The number of hydrogen-bond donors (Lipinski definition) is 2. The SMILES string of the molecule is CC(C)(/N=N/C(C)(C)C1=NCCN1)C1=NCCN1.Cl. The molecule has 2 aliphatic heterocycles. The molecule has 2 N–H and O–H groups in total. The zero-order chi connectivity index (χ0) is 13.2. The van der Waals surface area contributed by atoms with E-state index in [0.717, 1.165) is 37.9 Å². The van der Waals surface area contributed by atoms with E-state index in [4.69, 9.17) is 0 Å². The third-order valence-electron chi connectivity index (χ3n) is 3.06. The summed E-state index contributed by atoms with van der Waals surface area (Å²) >= 11 is 0. The van der Waals surface area contributed by atoms with Crippen molar-refractivity contribution in [2.75, 3.05) is 26.2 Å². The van der Waals surface area contributed by atoms with Crippen LogP contribution in [0.4, 0.5) is 0 Å². The molecule has 108 valence electrons. The minimum absolute atomic E-state index is 0. The van der Waals surface area contributed by atoms with Gasteiger partial charge in [-0.25, -0.2) is 0 Å². The molecule has 0 unspecified atom stereocenters. The van der Waals surface area contributed by atoms with Crippen molar-refractivity contribution in [3.63, 3.8) is 0 Å². The topological polar surface area (TPSA) is 73.5 Å². The lowest BCUT2D eigenvalue weighted by Gasteiger charge is -2.23.